The molecule has 1 fully saturated rings. The summed E-state index contributed by atoms with van der Waals surface area (Å²) in [5, 5.41) is 3.06. The molecule has 1 aromatic heterocycles. The highest BCUT2D eigenvalue weighted by atomic mass is 16.5. The van der Waals surface area contributed by atoms with Gasteiger partial charge in [-0.15, -0.1) is 0 Å². The van der Waals surface area contributed by atoms with Gasteiger partial charge in [-0.3, -0.25) is 4.79 Å². The predicted molar refractivity (Wildman–Crippen MR) is 105 cm³/mol. The number of nitrogens with one attached hydrogen (secondary N) is 1. The molecule has 0 aliphatic heterocycles. The highest BCUT2D eigenvalue weighted by molar-refractivity contribution is 5.79. The molecule has 0 unspecified atom stereocenters. The summed E-state index contributed by atoms with van der Waals surface area (Å²) in [5.74, 6) is 2.04. The molecule has 0 radical (unpaired) electrons. The second-order valence-electron chi connectivity index (χ2n) is 6.84. The van der Waals surface area contributed by atoms with Crippen molar-refractivity contribution in [3.8, 4) is 17.5 Å². The molecule has 0 saturated heterocycles. The van der Waals surface area contributed by atoms with Crippen LogP contribution in [-0.4, -0.2) is 37.2 Å². The van der Waals surface area contributed by atoms with E-state index in [-0.39, 0.29) is 17.7 Å². The van der Waals surface area contributed by atoms with Crippen molar-refractivity contribution in [3.05, 3.63) is 41.7 Å². The lowest BCUT2D eigenvalue weighted by Crippen LogP contribution is -2.36. The Kier molecular flexibility index (Phi) is 6.68. The summed E-state index contributed by atoms with van der Waals surface area (Å²) in [6.45, 7) is 0.425. The fourth-order valence-electron chi connectivity index (χ4n) is 3.71. The van der Waals surface area contributed by atoms with Gasteiger partial charge in [0, 0.05) is 23.9 Å². The van der Waals surface area contributed by atoms with Gasteiger partial charge in [-0.05, 0) is 18.9 Å². The van der Waals surface area contributed by atoms with E-state index in [9.17, 15) is 4.79 Å². The molecule has 0 bridgehead atoms. The van der Waals surface area contributed by atoms with Gasteiger partial charge in [-0.25, -0.2) is 0 Å². The molecule has 1 N–H and O–H groups in total. The lowest BCUT2D eigenvalue weighted by molar-refractivity contribution is -0.126. The number of aromatic nitrogens is 2. The molecule has 1 aliphatic rings. The Balaban J connectivity index is 1.76. The van der Waals surface area contributed by atoms with Gasteiger partial charge in [-0.1, -0.05) is 31.0 Å². The van der Waals surface area contributed by atoms with Crippen LogP contribution in [0.1, 0.15) is 43.0 Å². The van der Waals surface area contributed by atoms with Gasteiger partial charge in [0.15, 0.2) is 0 Å². The monoisotopic (exact) mass is 385 g/mol. The number of amides is 1. The Morgan fingerprint density at radius 3 is 2.39 bits per heavy atom. The molecule has 2 aromatic rings. The van der Waals surface area contributed by atoms with Crippen LogP contribution in [0.4, 0.5) is 0 Å². The van der Waals surface area contributed by atoms with Crippen LogP contribution in [-0.2, 0) is 11.3 Å². The van der Waals surface area contributed by atoms with E-state index in [2.05, 4.69) is 15.3 Å². The first-order valence-electron chi connectivity index (χ1n) is 9.52. The van der Waals surface area contributed by atoms with E-state index < -0.39 is 0 Å². The zero-order valence-corrected chi connectivity index (χ0v) is 16.6. The van der Waals surface area contributed by atoms with E-state index in [4.69, 9.17) is 14.2 Å². The molecule has 7 heteroatoms. The molecule has 2 atom stereocenters. The van der Waals surface area contributed by atoms with Gasteiger partial charge < -0.3 is 19.5 Å². The number of carbonyl (C=O) groups is 1. The lowest BCUT2D eigenvalue weighted by Gasteiger charge is -2.29. The number of methoxy groups -OCH3 is 3. The molecule has 1 aromatic carbocycles. The third kappa shape index (κ3) is 4.52. The van der Waals surface area contributed by atoms with Crippen molar-refractivity contribution in [1.29, 1.82) is 0 Å². The van der Waals surface area contributed by atoms with E-state index in [1.165, 1.54) is 0 Å². The van der Waals surface area contributed by atoms with Crippen LogP contribution in [0.3, 0.4) is 0 Å². The Morgan fingerprint density at radius 2 is 1.71 bits per heavy atom. The summed E-state index contributed by atoms with van der Waals surface area (Å²) in [5.41, 5.74) is 0.949. The van der Waals surface area contributed by atoms with Crippen molar-refractivity contribution in [2.45, 2.75) is 38.1 Å². The highest BCUT2D eigenvalue weighted by Crippen LogP contribution is 2.37. The maximum atomic E-state index is 13.0. The minimum Gasteiger partial charge on any atom is -0.496 e. The molecule has 7 nitrogen and oxygen atoms in total. The fraction of sp³-hybridized carbons (Fsp3) is 0.476. The first-order valence-corrected chi connectivity index (χ1v) is 9.52. The van der Waals surface area contributed by atoms with Crippen molar-refractivity contribution in [2.75, 3.05) is 21.3 Å². The van der Waals surface area contributed by atoms with Crippen molar-refractivity contribution in [1.82, 2.24) is 15.3 Å². The van der Waals surface area contributed by atoms with Gasteiger partial charge in [-0.2, -0.15) is 9.97 Å². The number of rotatable bonds is 7. The molecule has 150 valence electrons. The number of nitrogens with zero attached hydrogens (tertiary/aromatic N) is 2. The Morgan fingerprint density at radius 1 is 1.04 bits per heavy atom. The molecule has 1 aliphatic carbocycles. The summed E-state index contributed by atoms with van der Waals surface area (Å²) < 4.78 is 15.9. The Hall–Kier alpha value is -2.83. The van der Waals surface area contributed by atoms with E-state index in [1.54, 1.807) is 27.4 Å². The first-order chi connectivity index (χ1) is 13.7. The number of hydrogen-bond acceptors (Lipinski definition) is 6. The normalized spacial score (nSPS) is 19.0. The smallest absolute Gasteiger partial charge is 0.224 e. The van der Waals surface area contributed by atoms with Crippen molar-refractivity contribution in [2.24, 2.45) is 5.92 Å². The van der Waals surface area contributed by atoms with Crippen LogP contribution in [0.5, 0.6) is 17.5 Å². The van der Waals surface area contributed by atoms with E-state index >= 15 is 0 Å². The highest BCUT2D eigenvalue weighted by Gasteiger charge is 2.34. The van der Waals surface area contributed by atoms with Gasteiger partial charge in [0.05, 0.1) is 27.4 Å². The topological polar surface area (TPSA) is 82.6 Å². The van der Waals surface area contributed by atoms with Crippen molar-refractivity contribution >= 4 is 5.91 Å². The van der Waals surface area contributed by atoms with E-state index in [0.717, 1.165) is 37.0 Å². The molecule has 3 rings (SSSR count). The summed E-state index contributed by atoms with van der Waals surface area (Å²) in [7, 11) is 4.75. The number of benzene rings is 1. The van der Waals surface area contributed by atoms with Crippen LogP contribution >= 0.6 is 0 Å². The molecule has 28 heavy (non-hydrogen) atoms. The average molecular weight is 385 g/mol. The third-order valence-electron chi connectivity index (χ3n) is 5.19. The SMILES string of the molecule is COc1cc(OC)nc([C@@H]2CCCC[C@@H]2C(=O)NCc2ccccc2OC)n1. The van der Waals surface area contributed by atoms with Crippen LogP contribution in [0.2, 0.25) is 0 Å². The summed E-state index contributed by atoms with van der Waals surface area (Å²) >= 11 is 0. The first kappa shape index (κ1) is 19.9. The van der Waals surface area contributed by atoms with Gasteiger partial charge >= 0.3 is 0 Å². The minimum absolute atomic E-state index is 0.0148. The standard InChI is InChI=1S/C21H27N3O4/c1-26-17-11-7-4-8-14(17)13-22-21(25)16-10-6-5-9-15(16)20-23-18(27-2)12-19(24-20)28-3/h4,7-8,11-12,15-16H,5-6,9-10,13H2,1-3H3,(H,22,25)/t15-,16+/m1/s1. The second-order valence-corrected chi connectivity index (χ2v) is 6.84. The molecule has 1 heterocycles. The third-order valence-corrected chi connectivity index (χ3v) is 5.19. The Bertz CT molecular complexity index is 790. The summed E-state index contributed by atoms with van der Waals surface area (Å²) in [4.78, 5) is 22.0. The van der Waals surface area contributed by atoms with E-state index in [0.29, 0.717) is 24.1 Å². The van der Waals surface area contributed by atoms with Gasteiger partial charge in [0.2, 0.25) is 17.7 Å². The molecule has 1 amide bonds. The van der Waals surface area contributed by atoms with Gasteiger partial charge in [0.1, 0.15) is 11.6 Å². The zero-order chi connectivity index (χ0) is 19.9. The zero-order valence-electron chi connectivity index (χ0n) is 16.6. The molecular formula is C21H27N3O4. The molecule has 1 saturated carbocycles. The van der Waals surface area contributed by atoms with Gasteiger partial charge in [0.25, 0.3) is 0 Å². The van der Waals surface area contributed by atoms with E-state index in [1.807, 2.05) is 24.3 Å². The number of ether oxygens (including phenoxy) is 3. The maximum Gasteiger partial charge on any atom is 0.224 e. The minimum atomic E-state index is -0.180. The maximum absolute atomic E-state index is 13.0. The quantitative estimate of drug-likeness (QED) is 0.789. The number of para-hydroxylation sites is 1. The lowest BCUT2D eigenvalue weighted by atomic mass is 9.78. The van der Waals surface area contributed by atoms with Crippen LogP contribution in [0.25, 0.3) is 0 Å². The fourth-order valence-corrected chi connectivity index (χ4v) is 3.71. The average Bonchev–Trinajstić information content (AvgIpc) is 2.77. The van der Waals surface area contributed by atoms with Crippen molar-refractivity contribution in [3.63, 3.8) is 0 Å². The van der Waals surface area contributed by atoms with Crippen LogP contribution in [0, 0.1) is 5.92 Å². The van der Waals surface area contributed by atoms with Crippen molar-refractivity contribution < 1.29 is 19.0 Å². The Labute approximate surface area is 165 Å². The molecule has 0 spiro atoms. The largest absolute Gasteiger partial charge is 0.496 e. The summed E-state index contributed by atoms with van der Waals surface area (Å²) in [6.07, 6.45) is 3.74. The van der Waals surface area contributed by atoms with Crippen LogP contribution < -0.4 is 19.5 Å². The summed E-state index contributed by atoms with van der Waals surface area (Å²) in [6, 6.07) is 9.33. The number of carbonyl (C=O) groups excluding carboxylic acids is 1. The second kappa shape index (κ2) is 9.39. The predicted octanol–water partition coefficient (Wildman–Crippen LogP) is 3.09. The van der Waals surface area contributed by atoms with Crippen LogP contribution in [0.15, 0.2) is 30.3 Å². The number of hydrogen-bond donors (Lipinski definition) is 1. The molecular weight excluding hydrogens is 358 g/mol.